The number of para-hydroxylation sites is 1. The van der Waals surface area contributed by atoms with Crippen LogP contribution in [0.5, 0.6) is 0 Å². The molecule has 0 unspecified atom stereocenters. The average Bonchev–Trinajstić information content (AvgIpc) is 2.50. The third kappa shape index (κ3) is 3.11. The van der Waals surface area contributed by atoms with Gasteiger partial charge in [-0.25, -0.2) is 4.39 Å². The van der Waals surface area contributed by atoms with Crippen LogP contribution in [0.15, 0.2) is 54.6 Å². The van der Waals surface area contributed by atoms with Crippen LogP contribution < -0.4 is 5.32 Å². The Balaban J connectivity index is 1.76. The second-order valence-electron chi connectivity index (χ2n) is 5.18. The molecular weight excluding hydrogens is 279 g/mol. The first-order valence-electron chi connectivity index (χ1n) is 7.02. The Morgan fingerprint density at radius 3 is 2.64 bits per heavy atom. The summed E-state index contributed by atoms with van der Waals surface area (Å²) < 4.78 is 12.8. The second kappa shape index (κ2) is 5.93. The van der Waals surface area contributed by atoms with Crippen molar-refractivity contribution in [1.82, 2.24) is 4.98 Å². The quantitative estimate of drug-likeness (QED) is 0.797. The molecule has 1 N–H and O–H groups in total. The number of hydrogen-bond donors (Lipinski definition) is 1. The van der Waals surface area contributed by atoms with Gasteiger partial charge in [0.2, 0.25) is 5.91 Å². The normalized spacial score (nSPS) is 10.6. The molecule has 110 valence electrons. The van der Waals surface area contributed by atoms with Crippen molar-refractivity contribution < 1.29 is 9.18 Å². The highest BCUT2D eigenvalue weighted by Crippen LogP contribution is 2.17. The van der Waals surface area contributed by atoms with Crippen LogP contribution in [0.3, 0.4) is 0 Å². The van der Waals surface area contributed by atoms with E-state index in [1.54, 1.807) is 0 Å². The molecule has 3 nitrogen and oxygen atoms in total. The number of carbonyl (C=O) groups is 1. The molecule has 0 saturated heterocycles. The van der Waals surface area contributed by atoms with Crippen molar-refractivity contribution in [2.45, 2.75) is 13.3 Å². The summed E-state index contributed by atoms with van der Waals surface area (Å²) in [7, 11) is 0. The summed E-state index contributed by atoms with van der Waals surface area (Å²) in [5.74, 6) is -0.503. The number of aromatic nitrogens is 1. The Morgan fingerprint density at radius 1 is 1.09 bits per heavy atom. The lowest BCUT2D eigenvalue weighted by atomic mass is 10.1. The molecule has 1 amide bonds. The maximum Gasteiger partial charge on any atom is 0.230 e. The number of amides is 1. The van der Waals surface area contributed by atoms with Gasteiger partial charge in [0, 0.05) is 11.1 Å². The van der Waals surface area contributed by atoms with Crippen molar-refractivity contribution in [3.05, 3.63) is 71.7 Å². The molecule has 0 aliphatic carbocycles. The Bertz CT molecular complexity index is 828. The third-order valence-corrected chi connectivity index (χ3v) is 3.45. The molecule has 0 atom stereocenters. The molecule has 1 aromatic heterocycles. The maximum atomic E-state index is 12.8. The van der Waals surface area contributed by atoms with Crippen LogP contribution in [0.25, 0.3) is 10.9 Å². The van der Waals surface area contributed by atoms with Crippen molar-refractivity contribution >= 4 is 22.5 Å². The van der Waals surface area contributed by atoms with E-state index < -0.39 is 0 Å². The molecule has 0 aliphatic heterocycles. The first kappa shape index (κ1) is 14.2. The fourth-order valence-electron chi connectivity index (χ4n) is 2.34. The number of aryl methyl sites for hydroxylation is 1. The maximum absolute atomic E-state index is 12.8. The number of rotatable bonds is 3. The topological polar surface area (TPSA) is 42.0 Å². The van der Waals surface area contributed by atoms with E-state index in [2.05, 4.69) is 10.3 Å². The number of carbonyl (C=O) groups excluding carboxylic acids is 1. The van der Waals surface area contributed by atoms with Crippen molar-refractivity contribution in [3.8, 4) is 0 Å². The van der Waals surface area contributed by atoms with Crippen LogP contribution in [0, 0.1) is 12.7 Å². The zero-order valence-corrected chi connectivity index (χ0v) is 12.1. The number of benzene rings is 2. The van der Waals surface area contributed by atoms with Gasteiger partial charge in [-0.2, -0.15) is 0 Å². The lowest BCUT2D eigenvalue weighted by Gasteiger charge is -2.07. The molecule has 0 radical (unpaired) electrons. The standard InChI is InChI=1S/C18H15FN2O/c1-12-3-2-4-13-5-8-16(21-18(12)13)11-17(22)20-15-9-6-14(19)7-10-15/h2-10H,11H2,1H3,(H,20,22). The Morgan fingerprint density at radius 2 is 1.86 bits per heavy atom. The van der Waals surface area contributed by atoms with Crippen molar-refractivity contribution in [2.24, 2.45) is 0 Å². The Kier molecular flexibility index (Phi) is 3.83. The van der Waals surface area contributed by atoms with E-state index in [1.807, 2.05) is 37.3 Å². The van der Waals surface area contributed by atoms with Gasteiger partial charge in [0.05, 0.1) is 17.6 Å². The minimum atomic E-state index is -0.329. The summed E-state index contributed by atoms with van der Waals surface area (Å²) in [4.78, 5) is 16.6. The smallest absolute Gasteiger partial charge is 0.230 e. The molecular formula is C18H15FN2O. The number of anilines is 1. The van der Waals surface area contributed by atoms with Crippen LogP contribution in [0.1, 0.15) is 11.3 Å². The SMILES string of the molecule is Cc1cccc2ccc(CC(=O)Nc3ccc(F)cc3)nc12. The summed E-state index contributed by atoms with van der Waals surface area (Å²) in [6.07, 6.45) is 0.182. The molecule has 0 spiro atoms. The summed E-state index contributed by atoms with van der Waals surface area (Å²) in [6.45, 7) is 2.00. The predicted molar refractivity (Wildman–Crippen MR) is 85.2 cm³/mol. The van der Waals surface area contributed by atoms with Crippen LogP contribution in [0.2, 0.25) is 0 Å². The molecule has 22 heavy (non-hydrogen) atoms. The number of hydrogen-bond acceptors (Lipinski definition) is 2. The molecule has 3 aromatic rings. The predicted octanol–water partition coefficient (Wildman–Crippen LogP) is 3.86. The van der Waals surface area contributed by atoms with Crippen LogP contribution >= 0.6 is 0 Å². The third-order valence-electron chi connectivity index (χ3n) is 3.45. The lowest BCUT2D eigenvalue weighted by Crippen LogP contribution is -2.15. The van der Waals surface area contributed by atoms with E-state index >= 15 is 0 Å². The van der Waals surface area contributed by atoms with Gasteiger partial charge in [0.15, 0.2) is 0 Å². The fourth-order valence-corrected chi connectivity index (χ4v) is 2.34. The second-order valence-corrected chi connectivity index (χ2v) is 5.18. The van der Waals surface area contributed by atoms with Gasteiger partial charge in [-0.3, -0.25) is 9.78 Å². The van der Waals surface area contributed by atoms with Crippen molar-refractivity contribution in [3.63, 3.8) is 0 Å². The molecule has 3 rings (SSSR count). The van der Waals surface area contributed by atoms with Crippen molar-refractivity contribution in [1.29, 1.82) is 0 Å². The minimum absolute atomic E-state index is 0.174. The van der Waals surface area contributed by atoms with E-state index in [-0.39, 0.29) is 18.1 Å². The van der Waals surface area contributed by atoms with E-state index in [0.29, 0.717) is 11.4 Å². The van der Waals surface area contributed by atoms with E-state index in [9.17, 15) is 9.18 Å². The highest BCUT2D eigenvalue weighted by atomic mass is 19.1. The van der Waals surface area contributed by atoms with E-state index in [1.165, 1.54) is 24.3 Å². The highest BCUT2D eigenvalue weighted by molar-refractivity contribution is 5.92. The number of pyridine rings is 1. The first-order chi connectivity index (χ1) is 10.6. The van der Waals surface area contributed by atoms with Crippen molar-refractivity contribution in [2.75, 3.05) is 5.32 Å². The molecule has 0 bridgehead atoms. The van der Waals surface area contributed by atoms with Crippen LogP contribution in [-0.4, -0.2) is 10.9 Å². The first-order valence-corrected chi connectivity index (χ1v) is 7.02. The van der Waals surface area contributed by atoms with Crippen LogP contribution in [0.4, 0.5) is 10.1 Å². The van der Waals surface area contributed by atoms with Gasteiger partial charge in [-0.05, 0) is 42.8 Å². The minimum Gasteiger partial charge on any atom is -0.326 e. The number of nitrogens with one attached hydrogen (secondary N) is 1. The van der Waals surface area contributed by atoms with E-state index in [0.717, 1.165) is 16.5 Å². The number of halogens is 1. The average molecular weight is 294 g/mol. The van der Waals surface area contributed by atoms with Gasteiger partial charge in [0.1, 0.15) is 5.82 Å². The van der Waals surface area contributed by atoms with E-state index in [4.69, 9.17) is 0 Å². The van der Waals surface area contributed by atoms with Gasteiger partial charge in [0.25, 0.3) is 0 Å². The summed E-state index contributed by atoms with van der Waals surface area (Å²) in [5.41, 5.74) is 3.28. The molecule has 0 aliphatic rings. The van der Waals surface area contributed by atoms with Gasteiger partial charge < -0.3 is 5.32 Å². The number of fused-ring (bicyclic) bond motifs is 1. The molecule has 2 aromatic carbocycles. The highest BCUT2D eigenvalue weighted by Gasteiger charge is 2.07. The zero-order valence-electron chi connectivity index (χ0n) is 12.1. The molecule has 0 saturated carbocycles. The summed E-state index contributed by atoms with van der Waals surface area (Å²) in [6, 6.07) is 15.5. The zero-order chi connectivity index (χ0) is 15.5. The molecule has 1 heterocycles. The largest absolute Gasteiger partial charge is 0.326 e. The van der Waals surface area contributed by atoms with Gasteiger partial charge in [-0.15, -0.1) is 0 Å². The monoisotopic (exact) mass is 294 g/mol. The summed E-state index contributed by atoms with van der Waals surface area (Å²) in [5, 5.41) is 3.79. The molecule has 0 fully saturated rings. The van der Waals surface area contributed by atoms with Gasteiger partial charge >= 0.3 is 0 Å². The Hall–Kier alpha value is -2.75. The molecule has 4 heteroatoms. The van der Waals surface area contributed by atoms with Gasteiger partial charge in [-0.1, -0.05) is 24.3 Å². The lowest BCUT2D eigenvalue weighted by molar-refractivity contribution is -0.115. The van der Waals surface area contributed by atoms with Crippen LogP contribution in [-0.2, 0) is 11.2 Å². The Labute approximate surface area is 127 Å². The summed E-state index contributed by atoms with van der Waals surface area (Å²) >= 11 is 0. The number of nitrogens with zero attached hydrogens (tertiary/aromatic N) is 1. The fraction of sp³-hybridized carbons (Fsp3) is 0.111.